The molecule has 1 aliphatic carbocycles. The number of nitrogens with zero attached hydrogens (tertiary/aromatic N) is 1. The number of primary sulfonamides is 1. The van der Waals surface area contributed by atoms with E-state index in [9.17, 15) is 8.42 Å². The average molecular weight is 467 g/mol. The first-order valence-electron chi connectivity index (χ1n) is 9.68. The number of halogens is 1. The minimum absolute atomic E-state index is 0.0947. The Balaban J connectivity index is 1.82. The Labute approximate surface area is 175 Å². The minimum Gasteiger partial charge on any atom is -0.366 e. The van der Waals surface area contributed by atoms with Crippen molar-refractivity contribution in [1.82, 2.24) is 5.32 Å². The van der Waals surface area contributed by atoms with Gasteiger partial charge in [-0.15, -0.1) is 0 Å². The minimum atomic E-state index is -3.69. The van der Waals surface area contributed by atoms with Crippen molar-refractivity contribution in [3.63, 3.8) is 0 Å². The number of hydrogen-bond donors (Lipinski definition) is 3. The summed E-state index contributed by atoms with van der Waals surface area (Å²) in [6.45, 7) is 2.13. The third kappa shape index (κ3) is 5.68. The first-order valence-corrected chi connectivity index (χ1v) is 12.0. The number of hydrogen-bond acceptors (Lipinski definition) is 5. The summed E-state index contributed by atoms with van der Waals surface area (Å²) in [5.74, 6) is 1.67. The van der Waals surface area contributed by atoms with Gasteiger partial charge in [0.1, 0.15) is 11.7 Å². The van der Waals surface area contributed by atoms with Gasteiger partial charge in [0.05, 0.1) is 9.38 Å². The van der Waals surface area contributed by atoms with Crippen molar-refractivity contribution in [2.45, 2.75) is 62.8 Å². The van der Waals surface area contributed by atoms with Crippen molar-refractivity contribution in [1.29, 1.82) is 0 Å². The van der Waals surface area contributed by atoms with E-state index in [2.05, 4.69) is 39.6 Å². The van der Waals surface area contributed by atoms with Gasteiger partial charge in [0.15, 0.2) is 0 Å². The number of nitrogens with one attached hydrogen (secondary N) is 2. The molecule has 1 saturated carbocycles. The summed E-state index contributed by atoms with van der Waals surface area (Å²) in [5.41, 5.74) is 2.04. The Bertz CT molecular complexity index is 899. The van der Waals surface area contributed by atoms with Crippen molar-refractivity contribution in [2.75, 3.05) is 5.32 Å². The van der Waals surface area contributed by atoms with Crippen LogP contribution in [0.25, 0.3) is 0 Å². The summed E-state index contributed by atoms with van der Waals surface area (Å²) in [7, 11) is -3.69. The van der Waals surface area contributed by atoms with Crippen molar-refractivity contribution < 1.29 is 8.42 Å². The number of amidine groups is 1. The van der Waals surface area contributed by atoms with E-state index in [1.54, 1.807) is 12.1 Å². The summed E-state index contributed by atoms with van der Waals surface area (Å²) in [6.07, 6.45) is 9.93. The zero-order valence-corrected chi connectivity index (χ0v) is 18.4. The Kier molecular flexibility index (Phi) is 6.95. The second-order valence-electron chi connectivity index (χ2n) is 7.26. The van der Waals surface area contributed by atoms with Gasteiger partial charge in [-0.3, -0.25) is 0 Å². The van der Waals surface area contributed by atoms with Crippen molar-refractivity contribution in [3.8, 4) is 0 Å². The number of nitrogens with two attached hydrogens (primary N) is 1. The molecule has 6 nitrogen and oxygen atoms in total. The summed E-state index contributed by atoms with van der Waals surface area (Å²) < 4.78 is 23.8. The summed E-state index contributed by atoms with van der Waals surface area (Å²) in [4.78, 5) is 4.94. The number of rotatable bonds is 5. The maximum atomic E-state index is 11.4. The molecule has 0 spiro atoms. The zero-order chi connectivity index (χ0) is 20.1. The number of anilines is 1. The standard InChI is InChI=1S/C20H27BrN4O2S/c1-2-14-12-18(21)20(24-15-6-4-3-5-7-15)25-19(13-14)23-16-8-10-17(11-9-16)28(22,26)27/h8-12,15,24H,2-7,13H2,1H3,(H,23,25)(H2,22,26,27). The van der Waals surface area contributed by atoms with Crippen molar-refractivity contribution in [3.05, 3.63) is 46.2 Å². The lowest BCUT2D eigenvalue weighted by atomic mass is 9.95. The molecule has 1 heterocycles. The molecule has 0 bridgehead atoms. The van der Waals surface area contributed by atoms with Crippen LogP contribution in [0.4, 0.5) is 5.69 Å². The Morgan fingerprint density at radius 2 is 1.86 bits per heavy atom. The van der Waals surface area contributed by atoms with Crippen LogP contribution in [0.15, 0.2) is 56.1 Å². The molecule has 1 aliphatic heterocycles. The molecule has 1 aromatic rings. The van der Waals surface area contributed by atoms with E-state index in [0.717, 1.165) is 28.2 Å². The maximum Gasteiger partial charge on any atom is 0.238 e. The first kappa shape index (κ1) is 21.1. The molecule has 0 amide bonds. The van der Waals surface area contributed by atoms with Crippen LogP contribution in [0.2, 0.25) is 0 Å². The van der Waals surface area contributed by atoms with E-state index < -0.39 is 10.0 Å². The summed E-state index contributed by atoms with van der Waals surface area (Å²) >= 11 is 3.68. The van der Waals surface area contributed by atoms with E-state index in [-0.39, 0.29) is 4.90 Å². The van der Waals surface area contributed by atoms with E-state index >= 15 is 0 Å². The van der Waals surface area contributed by atoms with Gasteiger partial charge in [-0.1, -0.05) is 31.8 Å². The number of aliphatic imine (C=N–C) groups is 1. The van der Waals surface area contributed by atoms with Crippen LogP contribution in [0.5, 0.6) is 0 Å². The second-order valence-corrected chi connectivity index (χ2v) is 9.68. The SMILES string of the molecule is CCC1=CC(Br)=C(NC2CCCCC2)N=C(Nc2ccc(S(N)(=O)=O)cc2)C1. The van der Waals surface area contributed by atoms with Gasteiger partial charge in [0.2, 0.25) is 10.0 Å². The highest BCUT2D eigenvalue weighted by molar-refractivity contribution is 9.11. The van der Waals surface area contributed by atoms with Gasteiger partial charge in [-0.25, -0.2) is 18.5 Å². The Hall–Kier alpha value is -1.64. The van der Waals surface area contributed by atoms with Crippen LogP contribution in [-0.4, -0.2) is 20.3 Å². The normalized spacial score (nSPS) is 19.0. The molecule has 152 valence electrons. The molecule has 0 radical (unpaired) electrons. The summed E-state index contributed by atoms with van der Waals surface area (Å²) in [5, 5.41) is 12.1. The Morgan fingerprint density at radius 3 is 2.46 bits per heavy atom. The molecule has 0 unspecified atom stereocenters. The molecule has 1 fully saturated rings. The van der Waals surface area contributed by atoms with Crippen molar-refractivity contribution in [2.24, 2.45) is 10.1 Å². The van der Waals surface area contributed by atoms with Gasteiger partial charge in [0, 0.05) is 18.2 Å². The quantitative estimate of drug-likeness (QED) is 0.599. The molecule has 8 heteroatoms. The van der Waals surface area contributed by atoms with Gasteiger partial charge in [0.25, 0.3) is 0 Å². The predicted octanol–water partition coefficient (Wildman–Crippen LogP) is 4.37. The van der Waals surface area contributed by atoms with E-state index in [0.29, 0.717) is 12.5 Å². The fourth-order valence-electron chi connectivity index (χ4n) is 3.48. The van der Waals surface area contributed by atoms with Gasteiger partial charge < -0.3 is 10.6 Å². The molecule has 2 aliphatic rings. The highest BCUT2D eigenvalue weighted by Crippen LogP contribution is 2.26. The lowest BCUT2D eigenvalue weighted by Crippen LogP contribution is -2.30. The largest absolute Gasteiger partial charge is 0.366 e. The van der Waals surface area contributed by atoms with E-state index in [1.165, 1.54) is 49.8 Å². The molecule has 1 aromatic carbocycles. The molecule has 4 N–H and O–H groups in total. The second kappa shape index (κ2) is 9.24. The third-order valence-corrected chi connectivity index (χ3v) is 6.60. The lowest BCUT2D eigenvalue weighted by Gasteiger charge is -2.24. The van der Waals surface area contributed by atoms with Crippen LogP contribution in [0, 0.1) is 0 Å². The zero-order valence-electron chi connectivity index (χ0n) is 16.0. The highest BCUT2D eigenvalue weighted by Gasteiger charge is 2.18. The van der Waals surface area contributed by atoms with Crippen LogP contribution < -0.4 is 15.8 Å². The predicted molar refractivity (Wildman–Crippen MR) is 118 cm³/mol. The number of allylic oxidation sites excluding steroid dienone is 2. The molecule has 3 rings (SSSR count). The molecule has 0 saturated heterocycles. The average Bonchev–Trinajstić information content (AvgIpc) is 2.81. The Morgan fingerprint density at radius 1 is 1.18 bits per heavy atom. The van der Waals surface area contributed by atoms with Crippen LogP contribution in [0.3, 0.4) is 0 Å². The third-order valence-electron chi connectivity index (χ3n) is 5.07. The number of benzene rings is 1. The molecular formula is C20H27BrN4O2S. The fraction of sp³-hybridized carbons (Fsp3) is 0.450. The monoisotopic (exact) mass is 466 g/mol. The van der Waals surface area contributed by atoms with Gasteiger partial charge in [-0.2, -0.15) is 0 Å². The maximum absolute atomic E-state index is 11.4. The lowest BCUT2D eigenvalue weighted by molar-refractivity contribution is 0.395. The molecular weight excluding hydrogens is 440 g/mol. The summed E-state index contributed by atoms with van der Waals surface area (Å²) in [6, 6.07) is 6.86. The van der Waals surface area contributed by atoms with Gasteiger partial charge in [-0.05, 0) is 65.5 Å². The highest BCUT2D eigenvalue weighted by atomic mass is 79.9. The van der Waals surface area contributed by atoms with Gasteiger partial charge >= 0.3 is 0 Å². The van der Waals surface area contributed by atoms with Crippen LogP contribution in [0.1, 0.15) is 51.9 Å². The molecule has 0 aromatic heterocycles. The smallest absolute Gasteiger partial charge is 0.238 e. The van der Waals surface area contributed by atoms with Crippen LogP contribution in [-0.2, 0) is 10.0 Å². The fourth-order valence-corrected chi connectivity index (χ4v) is 4.52. The van der Waals surface area contributed by atoms with Crippen molar-refractivity contribution >= 4 is 37.5 Å². The number of sulfonamides is 1. The molecule has 0 atom stereocenters. The topological polar surface area (TPSA) is 96.6 Å². The van der Waals surface area contributed by atoms with E-state index in [4.69, 9.17) is 10.1 Å². The first-order chi connectivity index (χ1) is 13.3. The van der Waals surface area contributed by atoms with E-state index in [1.807, 2.05) is 0 Å². The van der Waals surface area contributed by atoms with Crippen LogP contribution >= 0.6 is 15.9 Å². The molecule has 28 heavy (non-hydrogen) atoms.